The summed E-state index contributed by atoms with van der Waals surface area (Å²) in [5.74, 6) is 1.50. The molecule has 5 heteroatoms. The number of pyridine rings is 1. The van der Waals surface area contributed by atoms with Crippen molar-refractivity contribution in [3.8, 4) is 12.3 Å². The van der Waals surface area contributed by atoms with Gasteiger partial charge in [-0.1, -0.05) is 12.0 Å². The lowest BCUT2D eigenvalue weighted by Crippen LogP contribution is -2.34. The van der Waals surface area contributed by atoms with Crippen LogP contribution in [0.25, 0.3) is 0 Å². The van der Waals surface area contributed by atoms with E-state index in [1.165, 1.54) is 18.2 Å². The zero-order chi connectivity index (χ0) is 13.8. The normalized spacial score (nSPS) is 13.6. The monoisotopic (exact) mass is 258 g/mol. The number of terminal acetylenes is 1. The number of carbonyl (C=O) groups excluding carboxylic acids is 1. The summed E-state index contributed by atoms with van der Waals surface area (Å²) in [4.78, 5) is 28.5. The second kappa shape index (κ2) is 5.53. The van der Waals surface area contributed by atoms with Gasteiger partial charge in [0.2, 0.25) is 0 Å². The van der Waals surface area contributed by atoms with Gasteiger partial charge in [-0.2, -0.15) is 0 Å². The predicted molar refractivity (Wildman–Crippen MR) is 68.7 cm³/mol. The molecule has 1 heterocycles. The Morgan fingerprint density at radius 2 is 2.11 bits per heavy atom. The van der Waals surface area contributed by atoms with E-state index < -0.39 is 5.97 Å². The number of carbonyl (C=O) groups is 2. The third-order valence-electron chi connectivity index (χ3n) is 2.93. The van der Waals surface area contributed by atoms with Gasteiger partial charge in [-0.3, -0.25) is 4.79 Å². The van der Waals surface area contributed by atoms with Crippen molar-refractivity contribution in [3.05, 3.63) is 29.6 Å². The maximum absolute atomic E-state index is 12.2. The van der Waals surface area contributed by atoms with Crippen molar-refractivity contribution >= 4 is 11.9 Å². The molecular formula is C14H14N2O3. The molecule has 1 N–H and O–H groups in total. The fraction of sp³-hybridized carbons (Fsp3) is 0.357. The third kappa shape index (κ3) is 3.32. The molecule has 0 saturated heterocycles. The number of aromatic nitrogens is 1. The molecule has 98 valence electrons. The molecule has 1 aliphatic rings. The summed E-state index contributed by atoms with van der Waals surface area (Å²) in [5, 5.41) is 8.87. The van der Waals surface area contributed by atoms with Crippen LogP contribution in [0.5, 0.6) is 0 Å². The summed E-state index contributed by atoms with van der Waals surface area (Å²) in [6, 6.07) is 4.37. The SMILES string of the molecule is C#CCN(CC1CC1)C(=O)c1cccc(C(=O)O)n1. The van der Waals surface area contributed by atoms with E-state index in [2.05, 4.69) is 10.9 Å². The van der Waals surface area contributed by atoms with Crippen molar-refractivity contribution in [3.63, 3.8) is 0 Å². The molecule has 0 spiro atoms. The van der Waals surface area contributed by atoms with Crippen LogP contribution in [-0.4, -0.2) is 40.0 Å². The van der Waals surface area contributed by atoms with Crippen molar-refractivity contribution in [2.24, 2.45) is 5.92 Å². The highest BCUT2D eigenvalue weighted by molar-refractivity contribution is 5.94. The van der Waals surface area contributed by atoms with Crippen LogP contribution < -0.4 is 0 Å². The molecule has 5 nitrogen and oxygen atoms in total. The van der Waals surface area contributed by atoms with Crippen molar-refractivity contribution in [2.45, 2.75) is 12.8 Å². The second-order valence-electron chi connectivity index (χ2n) is 4.55. The molecule has 1 aliphatic carbocycles. The van der Waals surface area contributed by atoms with Gasteiger partial charge in [0.25, 0.3) is 5.91 Å². The number of amides is 1. The number of hydrogen-bond donors (Lipinski definition) is 1. The predicted octanol–water partition coefficient (Wildman–Crippen LogP) is 1.27. The van der Waals surface area contributed by atoms with Gasteiger partial charge in [-0.05, 0) is 30.9 Å². The standard InChI is InChI=1S/C14H14N2O3/c1-2-8-16(9-10-6-7-10)13(17)11-4-3-5-12(15-11)14(18)19/h1,3-5,10H,6-9H2,(H,18,19). The van der Waals surface area contributed by atoms with Crippen LogP contribution in [0.4, 0.5) is 0 Å². The Morgan fingerprint density at radius 1 is 1.42 bits per heavy atom. The Labute approximate surface area is 111 Å². The third-order valence-corrected chi connectivity index (χ3v) is 2.93. The zero-order valence-corrected chi connectivity index (χ0v) is 10.4. The summed E-state index contributed by atoms with van der Waals surface area (Å²) in [6.45, 7) is 0.830. The molecule has 1 amide bonds. The van der Waals surface area contributed by atoms with E-state index >= 15 is 0 Å². The molecular weight excluding hydrogens is 244 g/mol. The topological polar surface area (TPSA) is 70.5 Å². The number of carboxylic acids is 1. The van der Waals surface area contributed by atoms with E-state index in [-0.39, 0.29) is 23.8 Å². The molecule has 2 rings (SSSR count). The summed E-state index contributed by atoms with van der Waals surface area (Å²) < 4.78 is 0. The van der Waals surface area contributed by atoms with Crippen LogP contribution in [0.2, 0.25) is 0 Å². The lowest BCUT2D eigenvalue weighted by Gasteiger charge is -2.19. The van der Waals surface area contributed by atoms with Crippen molar-refractivity contribution < 1.29 is 14.7 Å². The van der Waals surface area contributed by atoms with E-state index in [9.17, 15) is 9.59 Å². The quantitative estimate of drug-likeness (QED) is 0.807. The Bertz CT molecular complexity index is 544. The molecule has 1 aromatic rings. The maximum atomic E-state index is 12.2. The summed E-state index contributed by atoms with van der Waals surface area (Å²) in [6.07, 6.45) is 7.48. The highest BCUT2D eigenvalue weighted by Gasteiger charge is 2.27. The van der Waals surface area contributed by atoms with E-state index in [0.717, 1.165) is 12.8 Å². The molecule has 0 bridgehead atoms. The van der Waals surface area contributed by atoms with Gasteiger partial charge in [0.1, 0.15) is 11.4 Å². The smallest absolute Gasteiger partial charge is 0.354 e. The molecule has 0 unspecified atom stereocenters. The molecule has 1 saturated carbocycles. The van der Waals surface area contributed by atoms with E-state index in [0.29, 0.717) is 12.5 Å². The first kappa shape index (κ1) is 13.1. The highest BCUT2D eigenvalue weighted by Crippen LogP contribution is 2.29. The maximum Gasteiger partial charge on any atom is 0.354 e. The van der Waals surface area contributed by atoms with Gasteiger partial charge < -0.3 is 10.0 Å². The highest BCUT2D eigenvalue weighted by atomic mass is 16.4. The van der Waals surface area contributed by atoms with Crippen molar-refractivity contribution in [2.75, 3.05) is 13.1 Å². The van der Waals surface area contributed by atoms with E-state index in [1.807, 2.05) is 0 Å². The number of aromatic carboxylic acids is 1. The molecule has 1 aromatic heterocycles. The second-order valence-corrected chi connectivity index (χ2v) is 4.55. The Balaban J connectivity index is 2.17. The Kier molecular flexibility index (Phi) is 3.81. The average molecular weight is 258 g/mol. The summed E-state index contributed by atoms with van der Waals surface area (Å²) >= 11 is 0. The van der Waals surface area contributed by atoms with E-state index in [4.69, 9.17) is 11.5 Å². The van der Waals surface area contributed by atoms with Crippen LogP contribution >= 0.6 is 0 Å². The van der Waals surface area contributed by atoms with Gasteiger partial charge in [-0.15, -0.1) is 6.42 Å². The number of nitrogens with zero attached hydrogens (tertiary/aromatic N) is 2. The largest absolute Gasteiger partial charge is 0.477 e. The number of carboxylic acid groups (broad SMARTS) is 1. The van der Waals surface area contributed by atoms with Gasteiger partial charge in [0, 0.05) is 6.54 Å². The van der Waals surface area contributed by atoms with Gasteiger partial charge in [-0.25, -0.2) is 9.78 Å². The van der Waals surface area contributed by atoms with Crippen LogP contribution in [-0.2, 0) is 0 Å². The fourth-order valence-electron chi connectivity index (χ4n) is 1.78. The lowest BCUT2D eigenvalue weighted by atomic mass is 10.2. The summed E-state index contributed by atoms with van der Waals surface area (Å²) in [5.41, 5.74) is -0.0197. The van der Waals surface area contributed by atoms with Crippen molar-refractivity contribution in [1.29, 1.82) is 0 Å². The Hall–Kier alpha value is -2.35. The van der Waals surface area contributed by atoms with Crippen LogP contribution in [0.1, 0.15) is 33.8 Å². The van der Waals surface area contributed by atoms with Crippen LogP contribution in [0.3, 0.4) is 0 Å². The molecule has 19 heavy (non-hydrogen) atoms. The molecule has 0 atom stereocenters. The number of rotatable bonds is 5. The van der Waals surface area contributed by atoms with Crippen molar-refractivity contribution in [1.82, 2.24) is 9.88 Å². The molecule has 0 aliphatic heterocycles. The van der Waals surface area contributed by atoms with Gasteiger partial charge in [0.05, 0.1) is 6.54 Å². The summed E-state index contributed by atoms with van der Waals surface area (Å²) in [7, 11) is 0. The van der Waals surface area contributed by atoms with Gasteiger partial charge >= 0.3 is 5.97 Å². The lowest BCUT2D eigenvalue weighted by molar-refractivity contribution is 0.0690. The average Bonchev–Trinajstić information content (AvgIpc) is 3.21. The zero-order valence-electron chi connectivity index (χ0n) is 10.4. The minimum atomic E-state index is -1.15. The van der Waals surface area contributed by atoms with Gasteiger partial charge in [0.15, 0.2) is 0 Å². The number of hydrogen-bond acceptors (Lipinski definition) is 3. The molecule has 0 aromatic carbocycles. The van der Waals surface area contributed by atoms with E-state index in [1.54, 1.807) is 4.90 Å². The first-order chi connectivity index (χ1) is 9.11. The fourth-order valence-corrected chi connectivity index (χ4v) is 1.78. The molecule has 1 fully saturated rings. The first-order valence-corrected chi connectivity index (χ1v) is 6.05. The minimum absolute atomic E-state index is 0.121. The first-order valence-electron chi connectivity index (χ1n) is 6.05. The molecule has 0 radical (unpaired) electrons. The van der Waals surface area contributed by atoms with Crippen LogP contribution in [0.15, 0.2) is 18.2 Å². The van der Waals surface area contributed by atoms with Crippen LogP contribution in [0, 0.1) is 18.3 Å². The Morgan fingerprint density at radius 3 is 2.68 bits per heavy atom. The minimum Gasteiger partial charge on any atom is -0.477 e.